The highest BCUT2D eigenvalue weighted by atomic mass is 19.1. The van der Waals surface area contributed by atoms with Crippen LogP contribution in [0.5, 0.6) is 0 Å². The maximum absolute atomic E-state index is 14.4. The Labute approximate surface area is 187 Å². The van der Waals surface area contributed by atoms with Gasteiger partial charge in [0.05, 0.1) is 18.3 Å². The minimum absolute atomic E-state index is 0.121. The van der Waals surface area contributed by atoms with Crippen LogP contribution in [0.4, 0.5) is 20.3 Å². The van der Waals surface area contributed by atoms with Crippen LogP contribution < -0.4 is 10.2 Å². The summed E-state index contributed by atoms with van der Waals surface area (Å²) in [5.74, 6) is -2.02. The highest BCUT2D eigenvalue weighted by Gasteiger charge is 2.31. The lowest BCUT2D eigenvalue weighted by molar-refractivity contribution is -0.142. The number of hydrogen-bond donors (Lipinski definition) is 2. The molecule has 0 unspecified atom stereocenters. The van der Waals surface area contributed by atoms with Gasteiger partial charge in [0.1, 0.15) is 23.1 Å². The molecular weight excluding hydrogens is 434 g/mol. The fourth-order valence-electron chi connectivity index (χ4n) is 4.49. The zero-order chi connectivity index (χ0) is 23.1. The molecule has 172 valence electrons. The number of nitrogens with zero attached hydrogens (tertiary/aromatic N) is 5. The van der Waals surface area contributed by atoms with Crippen LogP contribution in [0.25, 0.3) is 5.65 Å². The summed E-state index contributed by atoms with van der Waals surface area (Å²) >= 11 is 0. The predicted molar refractivity (Wildman–Crippen MR) is 114 cm³/mol. The minimum Gasteiger partial charge on any atom is -0.391 e. The summed E-state index contributed by atoms with van der Waals surface area (Å²) in [4.78, 5) is 32.6. The maximum atomic E-state index is 14.4. The summed E-state index contributed by atoms with van der Waals surface area (Å²) in [6.45, 7) is 1.05. The standard InChI is InChI=1S/C22H22F2N6O3/c23-13-3-4-16(24)15(10-13)18-2-1-7-29(18)19-6-9-30-20(27-19)17(11-25-30)26-21(32)22(33)28-8-5-14(31)12-28/h3-4,6,9-11,14,18,31H,1-2,5,7-8,12H2,(H,26,32)/t14-,18+/m1/s1. The molecule has 0 bridgehead atoms. The molecule has 0 radical (unpaired) electrons. The van der Waals surface area contributed by atoms with Gasteiger partial charge in [0.25, 0.3) is 0 Å². The van der Waals surface area contributed by atoms with Crippen molar-refractivity contribution < 1.29 is 23.5 Å². The highest BCUT2D eigenvalue weighted by Crippen LogP contribution is 2.37. The number of halogens is 2. The smallest absolute Gasteiger partial charge is 0.314 e. The summed E-state index contributed by atoms with van der Waals surface area (Å²) in [6, 6.07) is 4.77. The van der Waals surface area contributed by atoms with Crippen LogP contribution in [-0.4, -0.2) is 62.2 Å². The van der Waals surface area contributed by atoms with Gasteiger partial charge in [-0.1, -0.05) is 0 Å². The van der Waals surface area contributed by atoms with E-state index in [0.717, 1.165) is 18.6 Å². The molecule has 5 rings (SSSR count). The van der Waals surface area contributed by atoms with Crippen LogP contribution in [0, 0.1) is 11.6 Å². The van der Waals surface area contributed by atoms with Crippen molar-refractivity contribution in [3.63, 3.8) is 0 Å². The minimum atomic E-state index is -0.841. The molecule has 33 heavy (non-hydrogen) atoms. The molecular formula is C22H22F2N6O3. The van der Waals surface area contributed by atoms with Gasteiger partial charge < -0.3 is 20.2 Å². The van der Waals surface area contributed by atoms with Gasteiger partial charge in [0.2, 0.25) is 0 Å². The fourth-order valence-corrected chi connectivity index (χ4v) is 4.49. The first-order chi connectivity index (χ1) is 15.9. The third-order valence-electron chi connectivity index (χ3n) is 6.11. The predicted octanol–water partition coefficient (Wildman–Crippen LogP) is 1.88. The molecule has 0 saturated carbocycles. The Balaban J connectivity index is 1.40. The lowest BCUT2D eigenvalue weighted by Crippen LogP contribution is -2.38. The summed E-state index contributed by atoms with van der Waals surface area (Å²) in [5, 5.41) is 16.3. The van der Waals surface area contributed by atoms with Crippen LogP contribution in [0.3, 0.4) is 0 Å². The Morgan fingerprint density at radius 3 is 2.79 bits per heavy atom. The van der Waals surface area contributed by atoms with E-state index in [9.17, 15) is 23.5 Å². The lowest BCUT2D eigenvalue weighted by Gasteiger charge is -2.26. The molecule has 4 heterocycles. The molecule has 2 aliphatic rings. The first kappa shape index (κ1) is 21.3. The van der Waals surface area contributed by atoms with E-state index in [1.807, 2.05) is 4.90 Å². The number of rotatable bonds is 3. The Morgan fingerprint density at radius 2 is 2.00 bits per heavy atom. The third kappa shape index (κ3) is 3.99. The average Bonchev–Trinajstić information content (AvgIpc) is 3.55. The maximum Gasteiger partial charge on any atom is 0.314 e. The summed E-state index contributed by atoms with van der Waals surface area (Å²) in [7, 11) is 0. The number of β-amino-alcohol motifs (C(OH)–C–C–N with tert-alkyl or cyclic N) is 1. The number of fused-ring (bicyclic) bond motifs is 1. The number of nitrogens with one attached hydrogen (secondary N) is 1. The largest absolute Gasteiger partial charge is 0.391 e. The van der Waals surface area contributed by atoms with E-state index < -0.39 is 29.6 Å². The summed E-state index contributed by atoms with van der Waals surface area (Å²) < 4.78 is 29.7. The van der Waals surface area contributed by atoms with Gasteiger partial charge in [-0.05, 0) is 43.5 Å². The Kier molecular flexibility index (Phi) is 5.41. The molecule has 2 N–H and O–H groups in total. The number of benzene rings is 1. The second-order valence-corrected chi connectivity index (χ2v) is 8.28. The number of hydrogen-bond acceptors (Lipinski definition) is 6. The monoisotopic (exact) mass is 456 g/mol. The van der Waals surface area contributed by atoms with Crippen molar-refractivity contribution in [1.29, 1.82) is 0 Å². The second-order valence-electron chi connectivity index (χ2n) is 8.28. The normalized spacial score (nSPS) is 20.6. The van der Waals surface area contributed by atoms with Crippen LogP contribution in [-0.2, 0) is 9.59 Å². The molecule has 0 spiro atoms. The lowest BCUT2D eigenvalue weighted by atomic mass is 10.0. The fraction of sp³-hybridized carbons (Fsp3) is 0.364. The van der Waals surface area contributed by atoms with E-state index in [4.69, 9.17) is 0 Å². The van der Waals surface area contributed by atoms with E-state index in [2.05, 4.69) is 15.4 Å². The van der Waals surface area contributed by atoms with Crippen LogP contribution in [0.1, 0.15) is 30.9 Å². The van der Waals surface area contributed by atoms with Gasteiger partial charge in [-0.2, -0.15) is 5.10 Å². The number of aromatic nitrogens is 3. The van der Waals surface area contributed by atoms with Gasteiger partial charge in [-0.15, -0.1) is 0 Å². The number of carbonyl (C=O) groups excluding carboxylic acids is 2. The molecule has 0 aliphatic carbocycles. The van der Waals surface area contributed by atoms with Gasteiger partial charge >= 0.3 is 11.8 Å². The Bertz CT molecular complexity index is 1230. The van der Waals surface area contributed by atoms with Crippen LogP contribution in [0.15, 0.2) is 36.7 Å². The molecule has 11 heteroatoms. The van der Waals surface area contributed by atoms with Gasteiger partial charge in [-0.3, -0.25) is 9.59 Å². The van der Waals surface area contributed by atoms with Crippen molar-refractivity contribution in [2.24, 2.45) is 0 Å². The second kappa shape index (κ2) is 8.39. The Hall–Kier alpha value is -3.60. The third-order valence-corrected chi connectivity index (χ3v) is 6.11. The molecule has 2 amide bonds. The van der Waals surface area contributed by atoms with Gasteiger partial charge in [0, 0.05) is 31.4 Å². The zero-order valence-electron chi connectivity index (χ0n) is 17.6. The van der Waals surface area contributed by atoms with Crippen molar-refractivity contribution >= 4 is 29.0 Å². The molecule has 2 fully saturated rings. The Morgan fingerprint density at radius 1 is 1.15 bits per heavy atom. The van der Waals surface area contributed by atoms with Crippen molar-refractivity contribution in [3.8, 4) is 0 Å². The molecule has 1 aromatic carbocycles. The number of likely N-dealkylation sites (tertiary alicyclic amines) is 1. The van der Waals surface area contributed by atoms with Crippen molar-refractivity contribution in [3.05, 3.63) is 53.9 Å². The number of aliphatic hydroxyl groups is 1. The quantitative estimate of drug-likeness (QED) is 0.584. The van der Waals surface area contributed by atoms with Crippen LogP contribution >= 0.6 is 0 Å². The number of aliphatic hydroxyl groups excluding tert-OH is 1. The SMILES string of the molecule is O=C(Nc1cnn2ccc(N3CCC[C@H]3c3cc(F)ccc3F)nc12)C(=O)N1CC[C@@H](O)C1. The molecule has 3 aromatic rings. The molecule has 2 saturated heterocycles. The number of carbonyl (C=O) groups is 2. The van der Waals surface area contributed by atoms with E-state index in [1.165, 1.54) is 21.7 Å². The van der Waals surface area contributed by atoms with Crippen molar-refractivity contribution in [2.45, 2.75) is 31.4 Å². The molecule has 9 nitrogen and oxygen atoms in total. The van der Waals surface area contributed by atoms with Gasteiger partial charge in [-0.25, -0.2) is 18.3 Å². The first-order valence-corrected chi connectivity index (χ1v) is 10.7. The summed E-state index contributed by atoms with van der Waals surface area (Å²) in [6.07, 6.45) is 4.29. The zero-order valence-corrected chi connectivity index (χ0v) is 17.6. The van der Waals surface area contributed by atoms with Gasteiger partial charge in [0.15, 0.2) is 5.65 Å². The van der Waals surface area contributed by atoms with E-state index >= 15 is 0 Å². The summed E-state index contributed by atoms with van der Waals surface area (Å²) in [5.41, 5.74) is 0.845. The first-order valence-electron chi connectivity index (χ1n) is 10.7. The highest BCUT2D eigenvalue weighted by molar-refractivity contribution is 6.39. The van der Waals surface area contributed by atoms with E-state index in [0.29, 0.717) is 37.4 Å². The number of anilines is 2. The molecule has 2 atom stereocenters. The van der Waals surface area contributed by atoms with Crippen molar-refractivity contribution in [2.75, 3.05) is 29.9 Å². The average molecular weight is 456 g/mol. The topological polar surface area (TPSA) is 103 Å². The van der Waals surface area contributed by atoms with Crippen LogP contribution in [0.2, 0.25) is 0 Å². The molecule has 2 aliphatic heterocycles. The molecule has 2 aromatic heterocycles. The van der Waals surface area contributed by atoms with E-state index in [1.54, 1.807) is 12.3 Å². The van der Waals surface area contributed by atoms with Crippen molar-refractivity contribution in [1.82, 2.24) is 19.5 Å². The number of amides is 2. The van der Waals surface area contributed by atoms with E-state index in [-0.39, 0.29) is 23.8 Å².